The number of nitrogens with one attached hydrogen (secondary N) is 4. The van der Waals surface area contributed by atoms with Gasteiger partial charge in [0.1, 0.15) is 0 Å². The Morgan fingerprint density at radius 2 is 1.42 bits per heavy atom. The summed E-state index contributed by atoms with van der Waals surface area (Å²) >= 11 is 8.45. The van der Waals surface area contributed by atoms with Crippen LogP contribution in [-0.4, -0.2) is 22.8 Å². The molecule has 3 amide bonds. The van der Waals surface area contributed by atoms with Gasteiger partial charge in [0.15, 0.2) is 5.11 Å². The maximum absolute atomic E-state index is 12.4. The number of hydrogen-bond donors (Lipinski definition) is 4. The number of hydrazine groups is 1. The topological polar surface area (TPSA) is 99.3 Å². The fourth-order valence-electron chi connectivity index (χ4n) is 2.86. The number of halogens is 1. The Balaban J connectivity index is 1.51. The maximum atomic E-state index is 12.4. The van der Waals surface area contributed by atoms with Crippen molar-refractivity contribution >= 4 is 56.7 Å². The van der Waals surface area contributed by atoms with Crippen LogP contribution in [0.15, 0.2) is 71.2 Å². The molecule has 0 spiro atoms. The molecule has 0 saturated carbocycles. The summed E-state index contributed by atoms with van der Waals surface area (Å²) in [6, 6.07) is 18.8. The monoisotopic (exact) mass is 524 g/mol. The standard InChI is InChI=1S/C24H21BrN4O3S/c1-14-5-3-4-6-19(14)23(32)26-18-11-9-16(10-12-18)22(31)28-29-24(33)27-21(30)17-8-7-15(2)20(25)13-17/h3-13H,1-2H3,(H,26,32)(H,28,31)(H2,27,29,30,33). The maximum Gasteiger partial charge on any atom is 0.269 e. The predicted octanol–water partition coefficient (Wildman–Crippen LogP) is 4.27. The van der Waals surface area contributed by atoms with E-state index in [0.717, 1.165) is 15.6 Å². The van der Waals surface area contributed by atoms with E-state index >= 15 is 0 Å². The van der Waals surface area contributed by atoms with Crippen LogP contribution in [0.1, 0.15) is 42.2 Å². The smallest absolute Gasteiger partial charge is 0.269 e. The van der Waals surface area contributed by atoms with E-state index in [1.54, 1.807) is 48.5 Å². The molecule has 0 saturated heterocycles. The normalized spacial score (nSPS) is 10.2. The van der Waals surface area contributed by atoms with Gasteiger partial charge in [-0.1, -0.05) is 40.2 Å². The molecule has 0 bridgehead atoms. The van der Waals surface area contributed by atoms with Gasteiger partial charge in [-0.3, -0.25) is 30.6 Å². The van der Waals surface area contributed by atoms with Crippen molar-refractivity contribution in [1.29, 1.82) is 0 Å². The largest absolute Gasteiger partial charge is 0.322 e. The molecular formula is C24H21BrN4O3S. The fourth-order valence-corrected chi connectivity index (χ4v) is 3.38. The molecule has 4 N–H and O–H groups in total. The highest BCUT2D eigenvalue weighted by molar-refractivity contribution is 9.10. The summed E-state index contributed by atoms with van der Waals surface area (Å²) in [5.74, 6) is -1.09. The van der Waals surface area contributed by atoms with Gasteiger partial charge in [0.05, 0.1) is 0 Å². The van der Waals surface area contributed by atoms with Crippen molar-refractivity contribution in [1.82, 2.24) is 16.2 Å². The Hall–Kier alpha value is -3.56. The van der Waals surface area contributed by atoms with Crippen molar-refractivity contribution in [3.63, 3.8) is 0 Å². The van der Waals surface area contributed by atoms with Crippen molar-refractivity contribution in [2.24, 2.45) is 0 Å². The second-order valence-corrected chi connectivity index (χ2v) is 8.44. The number of hydrogen-bond acceptors (Lipinski definition) is 4. The van der Waals surface area contributed by atoms with Crippen molar-refractivity contribution in [3.05, 3.63) is 99.0 Å². The number of carbonyl (C=O) groups excluding carboxylic acids is 3. The van der Waals surface area contributed by atoms with E-state index in [1.165, 1.54) is 0 Å². The Morgan fingerprint density at radius 3 is 2.09 bits per heavy atom. The highest BCUT2D eigenvalue weighted by Gasteiger charge is 2.12. The fraction of sp³-hybridized carbons (Fsp3) is 0.0833. The van der Waals surface area contributed by atoms with Gasteiger partial charge in [-0.2, -0.15) is 0 Å². The quantitative estimate of drug-likeness (QED) is 0.301. The second kappa shape index (κ2) is 10.8. The lowest BCUT2D eigenvalue weighted by Gasteiger charge is -2.12. The Kier molecular flexibility index (Phi) is 7.92. The first-order valence-electron chi connectivity index (χ1n) is 9.89. The average Bonchev–Trinajstić information content (AvgIpc) is 2.80. The molecule has 0 fully saturated rings. The third kappa shape index (κ3) is 6.47. The van der Waals surface area contributed by atoms with Gasteiger partial charge in [0, 0.05) is 26.9 Å². The van der Waals surface area contributed by atoms with Crippen LogP contribution in [0.3, 0.4) is 0 Å². The molecular weight excluding hydrogens is 504 g/mol. The van der Waals surface area contributed by atoms with Crippen LogP contribution in [0.5, 0.6) is 0 Å². The molecule has 7 nitrogen and oxygen atoms in total. The molecule has 0 aliphatic heterocycles. The summed E-state index contributed by atoms with van der Waals surface area (Å²) in [7, 11) is 0. The van der Waals surface area contributed by atoms with Gasteiger partial charge in [-0.25, -0.2) is 0 Å². The van der Waals surface area contributed by atoms with E-state index < -0.39 is 11.8 Å². The minimum absolute atomic E-state index is 0.0489. The Labute approximate surface area is 205 Å². The average molecular weight is 525 g/mol. The van der Waals surface area contributed by atoms with E-state index in [4.69, 9.17) is 12.2 Å². The predicted molar refractivity (Wildman–Crippen MR) is 135 cm³/mol. The van der Waals surface area contributed by atoms with E-state index in [2.05, 4.69) is 37.4 Å². The zero-order valence-corrected chi connectivity index (χ0v) is 20.3. The number of aryl methyl sites for hydroxylation is 2. The number of carbonyl (C=O) groups is 3. The number of rotatable bonds is 4. The highest BCUT2D eigenvalue weighted by atomic mass is 79.9. The van der Waals surface area contributed by atoms with E-state index in [-0.39, 0.29) is 11.0 Å². The Morgan fingerprint density at radius 1 is 0.758 bits per heavy atom. The summed E-state index contributed by atoms with van der Waals surface area (Å²) < 4.78 is 0.806. The molecule has 0 heterocycles. The summed E-state index contributed by atoms with van der Waals surface area (Å²) in [6.45, 7) is 3.78. The first kappa shape index (κ1) is 24.1. The van der Waals surface area contributed by atoms with Crippen LogP contribution in [0.2, 0.25) is 0 Å². The Bertz CT molecular complexity index is 1230. The minimum Gasteiger partial charge on any atom is -0.322 e. The molecule has 9 heteroatoms. The molecule has 168 valence electrons. The third-order valence-corrected chi connectivity index (χ3v) is 5.80. The molecule has 3 aromatic rings. The van der Waals surface area contributed by atoms with E-state index in [0.29, 0.717) is 22.4 Å². The first-order chi connectivity index (χ1) is 15.7. The van der Waals surface area contributed by atoms with Gasteiger partial charge in [-0.15, -0.1) is 0 Å². The van der Waals surface area contributed by atoms with Gasteiger partial charge in [0.25, 0.3) is 17.7 Å². The molecule has 0 atom stereocenters. The summed E-state index contributed by atoms with van der Waals surface area (Å²) in [4.78, 5) is 37.0. The van der Waals surface area contributed by atoms with Crippen LogP contribution in [0, 0.1) is 13.8 Å². The number of amides is 3. The highest BCUT2D eigenvalue weighted by Crippen LogP contribution is 2.17. The first-order valence-corrected chi connectivity index (χ1v) is 11.1. The molecule has 0 aliphatic carbocycles. The van der Waals surface area contributed by atoms with Crippen LogP contribution in [0.4, 0.5) is 5.69 Å². The van der Waals surface area contributed by atoms with Gasteiger partial charge < -0.3 is 5.32 Å². The molecule has 3 rings (SSSR count). The summed E-state index contributed by atoms with van der Waals surface area (Å²) in [5.41, 5.74) is 8.70. The number of anilines is 1. The minimum atomic E-state index is -0.457. The van der Waals surface area contributed by atoms with Gasteiger partial charge in [-0.05, 0) is 79.7 Å². The third-order valence-electron chi connectivity index (χ3n) is 4.75. The second-order valence-electron chi connectivity index (χ2n) is 7.17. The molecule has 3 aromatic carbocycles. The van der Waals surface area contributed by atoms with Crippen LogP contribution in [0.25, 0.3) is 0 Å². The molecule has 0 aromatic heterocycles. The zero-order valence-electron chi connectivity index (χ0n) is 17.9. The molecule has 33 heavy (non-hydrogen) atoms. The van der Waals surface area contributed by atoms with E-state index in [9.17, 15) is 14.4 Å². The lowest BCUT2D eigenvalue weighted by atomic mass is 10.1. The number of thiocarbonyl (C=S) groups is 1. The van der Waals surface area contributed by atoms with Crippen molar-refractivity contribution in [2.45, 2.75) is 13.8 Å². The lowest BCUT2D eigenvalue weighted by Crippen LogP contribution is -2.48. The van der Waals surface area contributed by atoms with Crippen molar-refractivity contribution in [3.8, 4) is 0 Å². The lowest BCUT2D eigenvalue weighted by molar-refractivity contribution is 0.0934. The molecule has 0 radical (unpaired) electrons. The van der Waals surface area contributed by atoms with Crippen LogP contribution >= 0.6 is 28.1 Å². The summed E-state index contributed by atoms with van der Waals surface area (Å²) in [5, 5.41) is 5.25. The van der Waals surface area contributed by atoms with Gasteiger partial charge >= 0.3 is 0 Å². The van der Waals surface area contributed by atoms with Crippen LogP contribution in [-0.2, 0) is 0 Å². The SMILES string of the molecule is Cc1ccc(C(=O)NC(=S)NNC(=O)c2ccc(NC(=O)c3ccccc3C)cc2)cc1Br. The number of benzene rings is 3. The van der Waals surface area contributed by atoms with Gasteiger partial charge in [0.2, 0.25) is 0 Å². The summed E-state index contributed by atoms with van der Waals surface area (Å²) in [6.07, 6.45) is 0. The van der Waals surface area contributed by atoms with Crippen molar-refractivity contribution in [2.75, 3.05) is 5.32 Å². The van der Waals surface area contributed by atoms with E-state index in [1.807, 2.05) is 32.0 Å². The van der Waals surface area contributed by atoms with Crippen molar-refractivity contribution < 1.29 is 14.4 Å². The zero-order chi connectivity index (χ0) is 24.0. The van der Waals surface area contributed by atoms with Crippen LogP contribution < -0.4 is 21.5 Å². The molecule has 0 unspecified atom stereocenters. The molecule has 0 aliphatic rings.